The largest absolute Gasteiger partial charge is 0.779 e. The standard InChI is InChI=1S/C26H38N9O17P3S/c1-10(2)48-18-13(50-24(17(18)37)34-8-28-14-20(34)29-11(3)30-22(14)38)7-47-54(42,43)52-55(44,56)51-53(40,41)46-6-12-16(36)19(45-5)25(49-12)35-9-33(4)15-21(35)31-26(27)32-23(15)39/h8-10,12-13,16-19,24-25,36-37H,6-7H2,1-5H3,(H6-,27,29,30,31,32,38,39,40,41,42,43,44,56)/p-2/t12-,13-,16+,17?,18+,19?,24-,25-,55?/m1/s1. The number of methoxy groups -OCH3 is 1. The second-order valence-corrected chi connectivity index (χ2v) is 18.6. The Bertz CT molecular complexity index is 2370. The van der Waals surface area contributed by atoms with Crippen LogP contribution >= 0.6 is 22.4 Å². The van der Waals surface area contributed by atoms with Crippen LogP contribution in [0.15, 0.2) is 22.2 Å². The molecule has 0 bridgehead atoms. The number of fused-ring (bicyclic) bond motifs is 2. The molecule has 0 amide bonds. The number of aliphatic hydroxyl groups is 2. The van der Waals surface area contributed by atoms with Crippen LogP contribution in [0.5, 0.6) is 0 Å². The fourth-order valence-corrected chi connectivity index (χ4v) is 11.1. The molecule has 26 nitrogen and oxygen atoms in total. The van der Waals surface area contributed by atoms with E-state index in [1.165, 1.54) is 47.4 Å². The van der Waals surface area contributed by atoms with Gasteiger partial charge in [-0.3, -0.25) is 41.5 Å². The molecule has 6 N–H and O–H groups in total. The highest BCUT2D eigenvalue weighted by molar-refractivity contribution is 8.09. The number of aryl methyl sites for hydroxylation is 2. The summed E-state index contributed by atoms with van der Waals surface area (Å²) in [6.07, 6.45) is -8.77. The summed E-state index contributed by atoms with van der Waals surface area (Å²) in [5, 5.41) is 22.0. The number of imidazole rings is 2. The number of phosphoric acid groups is 2. The quantitative estimate of drug-likeness (QED) is 0.0571. The Hall–Kier alpha value is -2.91. The van der Waals surface area contributed by atoms with Crippen molar-refractivity contribution in [2.24, 2.45) is 7.05 Å². The van der Waals surface area contributed by atoms with Crippen LogP contribution in [0.1, 0.15) is 32.1 Å². The van der Waals surface area contributed by atoms with Crippen molar-refractivity contribution in [1.82, 2.24) is 34.1 Å². The van der Waals surface area contributed by atoms with E-state index in [2.05, 4.69) is 45.3 Å². The molecule has 2 fully saturated rings. The second kappa shape index (κ2) is 16.0. The molecule has 5 unspecified atom stereocenters. The van der Waals surface area contributed by atoms with Crippen LogP contribution in [0.25, 0.3) is 22.3 Å². The number of anilines is 1. The molecule has 0 saturated carbocycles. The van der Waals surface area contributed by atoms with Crippen molar-refractivity contribution < 1.29 is 75.2 Å². The lowest BCUT2D eigenvalue weighted by Gasteiger charge is -2.37. The van der Waals surface area contributed by atoms with E-state index in [0.29, 0.717) is 0 Å². The Labute approximate surface area is 319 Å². The van der Waals surface area contributed by atoms with Crippen molar-refractivity contribution in [3.8, 4) is 0 Å². The number of aromatic amines is 2. The number of aromatic nitrogens is 8. The van der Waals surface area contributed by atoms with Crippen molar-refractivity contribution in [3.05, 3.63) is 39.2 Å². The first kappa shape index (κ1) is 42.7. The number of hydrogen-bond donors (Lipinski definition) is 5. The van der Waals surface area contributed by atoms with Crippen LogP contribution < -0.4 is 36.1 Å². The summed E-state index contributed by atoms with van der Waals surface area (Å²) in [5.41, 5.74) is 4.66. The number of hydrogen-bond acceptors (Lipinski definition) is 22. The van der Waals surface area contributed by atoms with Gasteiger partial charge in [0.15, 0.2) is 23.7 Å². The van der Waals surface area contributed by atoms with E-state index in [0.717, 1.165) is 0 Å². The van der Waals surface area contributed by atoms with Crippen LogP contribution in [0.4, 0.5) is 5.95 Å². The van der Waals surface area contributed by atoms with Gasteiger partial charge in [0.1, 0.15) is 49.2 Å². The predicted molar refractivity (Wildman–Crippen MR) is 183 cm³/mol. The van der Waals surface area contributed by atoms with Gasteiger partial charge in [-0.1, -0.05) is 16.8 Å². The minimum Gasteiger partial charge on any atom is -0.779 e. The average Bonchev–Trinajstić information content (AvgIpc) is 3.80. The van der Waals surface area contributed by atoms with Gasteiger partial charge < -0.3 is 63.6 Å². The van der Waals surface area contributed by atoms with Crippen molar-refractivity contribution in [3.63, 3.8) is 0 Å². The van der Waals surface area contributed by atoms with Crippen LogP contribution in [0.3, 0.4) is 0 Å². The number of nitrogens with two attached hydrogens (primary N) is 1. The van der Waals surface area contributed by atoms with E-state index >= 15 is 0 Å². The molecular weight excluding hydrogens is 835 g/mol. The van der Waals surface area contributed by atoms with Gasteiger partial charge in [0.05, 0.1) is 32.7 Å². The Kier molecular flexibility index (Phi) is 12.2. The molecule has 4 aromatic heterocycles. The smallest absolute Gasteiger partial charge is 0.313 e. The maximum atomic E-state index is 12.8. The Morgan fingerprint density at radius 3 is 2.29 bits per heavy atom. The number of nitrogens with zero attached hydrogens (tertiary/aromatic N) is 6. The Morgan fingerprint density at radius 1 is 1.02 bits per heavy atom. The highest BCUT2D eigenvalue weighted by atomic mass is 32.5. The lowest BCUT2D eigenvalue weighted by Crippen LogP contribution is -2.47. The fourth-order valence-electron chi connectivity index (χ4n) is 6.21. The fraction of sp³-hybridized carbons (Fsp3) is 0.615. The monoisotopic (exact) mass is 871 g/mol. The first-order valence-corrected chi connectivity index (χ1v) is 21.8. The van der Waals surface area contributed by atoms with E-state index in [1.54, 1.807) is 13.8 Å². The summed E-state index contributed by atoms with van der Waals surface area (Å²) >= 11 is 4.50. The number of nitrogens with one attached hydrogen (secondary N) is 2. The predicted octanol–water partition coefficient (Wildman–Crippen LogP) is -3.51. The summed E-state index contributed by atoms with van der Waals surface area (Å²) < 4.78 is 70.2. The molecule has 30 heteroatoms. The molecule has 11 atom stereocenters. The van der Waals surface area contributed by atoms with Crippen molar-refractivity contribution in [2.75, 3.05) is 26.1 Å². The number of ether oxygens (including phenoxy) is 4. The summed E-state index contributed by atoms with van der Waals surface area (Å²) in [6.45, 7) is -2.66. The zero-order chi connectivity index (χ0) is 41.1. The third-order valence-corrected chi connectivity index (χ3v) is 13.7. The maximum absolute atomic E-state index is 12.8. The second-order valence-electron chi connectivity index (χ2n) is 12.8. The Morgan fingerprint density at radius 2 is 1.66 bits per heavy atom. The molecule has 2 saturated heterocycles. The Balaban J connectivity index is 1.09. The summed E-state index contributed by atoms with van der Waals surface area (Å²) in [5.74, 6) is 0.01000. The van der Waals surface area contributed by atoms with Gasteiger partial charge in [0.25, 0.3) is 32.7 Å². The van der Waals surface area contributed by atoms with E-state index in [9.17, 15) is 43.6 Å². The van der Waals surface area contributed by atoms with E-state index in [-0.39, 0.29) is 34.1 Å². The van der Waals surface area contributed by atoms with Crippen molar-refractivity contribution in [1.29, 1.82) is 0 Å². The van der Waals surface area contributed by atoms with Crippen molar-refractivity contribution >= 4 is 62.4 Å². The molecule has 0 spiro atoms. The van der Waals surface area contributed by atoms with Gasteiger partial charge in [-0.05, 0) is 20.8 Å². The number of nitrogen functional groups attached to an aromatic ring is 1. The third-order valence-electron chi connectivity index (χ3n) is 8.41. The lowest BCUT2D eigenvalue weighted by atomic mass is 10.1. The van der Waals surface area contributed by atoms with Gasteiger partial charge in [0, 0.05) is 7.11 Å². The maximum Gasteiger partial charge on any atom is 0.313 e. The number of phosphoric ester groups is 2. The highest BCUT2D eigenvalue weighted by Crippen LogP contribution is 2.63. The first-order chi connectivity index (χ1) is 26.1. The van der Waals surface area contributed by atoms with Gasteiger partial charge in [-0.25, -0.2) is 14.5 Å². The minimum absolute atomic E-state index is 0.0382. The molecule has 0 aromatic carbocycles. The van der Waals surface area contributed by atoms with E-state index in [4.69, 9.17) is 33.7 Å². The molecule has 2 aliphatic heterocycles. The van der Waals surface area contributed by atoms with Crippen LogP contribution in [-0.4, -0.2) is 107 Å². The normalized spacial score (nSPS) is 28.9. The van der Waals surface area contributed by atoms with Gasteiger partial charge in [0.2, 0.25) is 11.7 Å². The molecule has 0 aliphatic carbocycles. The molecule has 4 aromatic rings. The minimum atomic E-state index is -5.78. The van der Waals surface area contributed by atoms with E-state index in [1.807, 2.05) is 0 Å². The lowest BCUT2D eigenvalue weighted by molar-refractivity contribution is -0.746. The molecule has 0 radical (unpaired) electrons. The summed E-state index contributed by atoms with van der Waals surface area (Å²) in [4.78, 5) is 80.2. The number of rotatable bonds is 15. The average molecular weight is 872 g/mol. The topological polar surface area (TPSA) is 362 Å². The zero-order valence-electron chi connectivity index (χ0n) is 29.8. The summed E-state index contributed by atoms with van der Waals surface area (Å²) in [7, 11) is -8.79. The molecule has 2 aliphatic rings. The van der Waals surface area contributed by atoms with Crippen LogP contribution in [0, 0.1) is 6.92 Å². The highest BCUT2D eigenvalue weighted by Gasteiger charge is 2.49. The van der Waals surface area contributed by atoms with Gasteiger partial charge >= 0.3 is 5.65 Å². The number of aliphatic hydroxyl groups excluding tert-OH is 2. The molecule has 310 valence electrons. The molecule has 56 heavy (non-hydrogen) atoms. The number of H-pyrrole nitrogens is 2. The van der Waals surface area contributed by atoms with Crippen LogP contribution in [0.2, 0.25) is 0 Å². The molecular formula is C26H36N9O17P3S-2. The molecule has 6 heterocycles. The first-order valence-electron chi connectivity index (χ1n) is 16.3. The van der Waals surface area contributed by atoms with Crippen molar-refractivity contribution in [2.45, 2.75) is 76.0 Å². The third kappa shape index (κ3) is 8.89. The summed E-state index contributed by atoms with van der Waals surface area (Å²) in [6, 6.07) is 0. The van der Waals surface area contributed by atoms with Crippen LogP contribution in [-0.2, 0) is 64.6 Å². The zero-order valence-corrected chi connectivity index (χ0v) is 33.3. The SMILES string of the molecule is COC1[C@@H](O)[C@@H](COP(=O)([O-])OP([O-])(=S)OP(=O)([O-])OC[C@H]2O[C@@H](n3cnc4c(=O)[nH]c(C)nc43)C(O)[C@H]2OC(C)C)O[C@H]1[n+]1cn(C)c2c(=O)[nH]c(N)nc21. The van der Waals surface area contributed by atoms with E-state index < -0.39 is 102 Å². The van der Waals surface area contributed by atoms with Gasteiger partial charge in [-0.2, -0.15) is 0 Å². The van der Waals surface area contributed by atoms with Gasteiger partial charge in [-0.15, -0.1) is 0 Å². The molecule has 6 rings (SSSR count).